The van der Waals surface area contributed by atoms with Gasteiger partial charge < -0.3 is 15.2 Å². The van der Waals surface area contributed by atoms with Gasteiger partial charge in [-0.25, -0.2) is 0 Å². The van der Waals surface area contributed by atoms with Crippen LogP contribution in [-0.2, 0) is 0 Å². The highest BCUT2D eigenvalue weighted by atomic mass is 35.5. The topological polar surface area (TPSA) is 47.7 Å². The van der Waals surface area contributed by atoms with Gasteiger partial charge in [0.1, 0.15) is 13.2 Å². The molecule has 3 atom stereocenters. The van der Waals surface area contributed by atoms with Crippen molar-refractivity contribution in [2.24, 2.45) is 11.7 Å². The number of hydrogen-bond donors (Lipinski definition) is 1. The van der Waals surface area contributed by atoms with E-state index in [9.17, 15) is 0 Å². The third-order valence-corrected chi connectivity index (χ3v) is 5.36. The molecule has 1 aromatic rings. The zero-order valence-electron chi connectivity index (χ0n) is 12.1. The van der Waals surface area contributed by atoms with Gasteiger partial charge in [-0.3, -0.25) is 4.90 Å². The summed E-state index contributed by atoms with van der Waals surface area (Å²) in [6.45, 7) is 2.91. The van der Waals surface area contributed by atoms with Crippen LogP contribution >= 0.6 is 11.6 Å². The minimum Gasteiger partial charge on any atom is -0.486 e. The molecule has 2 bridgehead atoms. The summed E-state index contributed by atoms with van der Waals surface area (Å²) in [5.41, 5.74) is 7.24. The molecule has 1 aliphatic carbocycles. The lowest BCUT2D eigenvalue weighted by Gasteiger charge is -2.35. The van der Waals surface area contributed by atoms with Crippen LogP contribution in [-0.4, -0.2) is 37.2 Å². The average Bonchev–Trinajstić information content (AvgIpc) is 3.11. The quantitative estimate of drug-likeness (QED) is 0.932. The summed E-state index contributed by atoms with van der Waals surface area (Å²) >= 11 is 6.37. The van der Waals surface area contributed by atoms with E-state index in [-0.39, 0.29) is 6.04 Å². The monoisotopic (exact) mass is 308 g/mol. The average molecular weight is 309 g/mol. The standard InChI is InChI=1S/C16H21ClN2O2/c17-13-6-11(7-15-16(13)21-4-3-20-15)14(8-18)19-9-10-1-2-12(19)5-10/h6-7,10,12,14H,1-5,8-9,18H2. The summed E-state index contributed by atoms with van der Waals surface area (Å²) in [6, 6.07) is 4.98. The van der Waals surface area contributed by atoms with Crippen molar-refractivity contribution in [3.8, 4) is 11.5 Å². The Labute approximate surface area is 130 Å². The summed E-state index contributed by atoms with van der Waals surface area (Å²) in [4.78, 5) is 2.57. The number of ether oxygens (including phenoxy) is 2. The van der Waals surface area contributed by atoms with Crippen molar-refractivity contribution in [1.82, 2.24) is 4.90 Å². The molecule has 0 amide bonds. The number of nitrogens with zero attached hydrogens (tertiary/aromatic N) is 1. The van der Waals surface area contributed by atoms with E-state index in [2.05, 4.69) is 11.0 Å². The van der Waals surface area contributed by atoms with Crippen LogP contribution < -0.4 is 15.2 Å². The van der Waals surface area contributed by atoms with E-state index in [0.717, 1.165) is 17.2 Å². The van der Waals surface area contributed by atoms with Gasteiger partial charge in [-0.15, -0.1) is 0 Å². The number of fused-ring (bicyclic) bond motifs is 3. The highest BCUT2D eigenvalue weighted by Gasteiger charge is 2.41. The Morgan fingerprint density at radius 3 is 2.86 bits per heavy atom. The van der Waals surface area contributed by atoms with E-state index in [1.807, 2.05) is 6.07 Å². The largest absolute Gasteiger partial charge is 0.486 e. The molecule has 4 nitrogen and oxygen atoms in total. The molecule has 21 heavy (non-hydrogen) atoms. The second-order valence-electron chi connectivity index (χ2n) is 6.31. The number of halogens is 1. The van der Waals surface area contributed by atoms with Gasteiger partial charge >= 0.3 is 0 Å². The first-order chi connectivity index (χ1) is 10.3. The normalized spacial score (nSPS) is 28.9. The molecule has 2 heterocycles. The van der Waals surface area contributed by atoms with Gasteiger partial charge in [0.25, 0.3) is 0 Å². The summed E-state index contributed by atoms with van der Waals surface area (Å²) in [5, 5.41) is 0.630. The Balaban J connectivity index is 1.66. The van der Waals surface area contributed by atoms with Crippen molar-refractivity contribution in [3.05, 3.63) is 22.7 Å². The van der Waals surface area contributed by atoms with Crippen LogP contribution in [0.15, 0.2) is 12.1 Å². The lowest BCUT2D eigenvalue weighted by atomic mass is 10.0. The predicted octanol–water partition coefficient (Wildman–Crippen LogP) is 2.60. The Morgan fingerprint density at radius 2 is 2.14 bits per heavy atom. The van der Waals surface area contributed by atoms with Crippen molar-refractivity contribution in [2.45, 2.75) is 31.3 Å². The number of hydrogen-bond acceptors (Lipinski definition) is 4. The van der Waals surface area contributed by atoms with E-state index in [1.165, 1.54) is 25.8 Å². The Bertz CT molecular complexity index is 551. The fourth-order valence-electron chi connectivity index (χ4n) is 4.13. The van der Waals surface area contributed by atoms with E-state index in [0.29, 0.717) is 36.6 Å². The lowest BCUT2D eigenvalue weighted by molar-refractivity contribution is 0.150. The zero-order chi connectivity index (χ0) is 14.4. The van der Waals surface area contributed by atoms with Gasteiger partial charge in [0, 0.05) is 25.2 Å². The molecule has 3 aliphatic rings. The molecule has 2 N–H and O–H groups in total. The van der Waals surface area contributed by atoms with Crippen molar-refractivity contribution in [1.29, 1.82) is 0 Å². The van der Waals surface area contributed by atoms with Gasteiger partial charge in [-0.05, 0) is 42.9 Å². The molecule has 2 aliphatic heterocycles. The summed E-state index contributed by atoms with van der Waals surface area (Å²) in [5.74, 6) is 2.29. The number of likely N-dealkylation sites (tertiary alicyclic amines) is 1. The first kappa shape index (κ1) is 13.7. The lowest BCUT2D eigenvalue weighted by Crippen LogP contribution is -2.39. The summed E-state index contributed by atoms with van der Waals surface area (Å²) < 4.78 is 11.3. The van der Waals surface area contributed by atoms with Crippen LogP contribution in [0.2, 0.25) is 5.02 Å². The number of benzene rings is 1. The van der Waals surface area contributed by atoms with Gasteiger partial charge in [0.15, 0.2) is 11.5 Å². The molecular formula is C16H21ClN2O2. The highest BCUT2D eigenvalue weighted by Crippen LogP contribution is 2.45. The second kappa shape index (κ2) is 5.34. The number of rotatable bonds is 3. The first-order valence-corrected chi connectivity index (χ1v) is 8.19. The Morgan fingerprint density at radius 1 is 1.29 bits per heavy atom. The SMILES string of the molecule is NCC(c1cc(Cl)c2c(c1)OCCO2)N1CC2CCC1C2. The fourth-order valence-corrected chi connectivity index (χ4v) is 4.40. The third kappa shape index (κ3) is 2.30. The zero-order valence-corrected chi connectivity index (χ0v) is 12.8. The molecule has 5 heteroatoms. The number of nitrogens with two attached hydrogens (primary N) is 1. The maximum Gasteiger partial charge on any atom is 0.179 e. The van der Waals surface area contributed by atoms with Crippen molar-refractivity contribution >= 4 is 11.6 Å². The molecule has 0 radical (unpaired) electrons. The van der Waals surface area contributed by atoms with E-state index in [1.54, 1.807) is 0 Å². The summed E-state index contributed by atoms with van der Waals surface area (Å²) in [7, 11) is 0. The molecule has 1 saturated heterocycles. The molecule has 2 fully saturated rings. The molecular weight excluding hydrogens is 288 g/mol. The maximum absolute atomic E-state index is 6.37. The smallest absolute Gasteiger partial charge is 0.179 e. The van der Waals surface area contributed by atoms with Crippen LogP contribution in [0, 0.1) is 5.92 Å². The van der Waals surface area contributed by atoms with Gasteiger partial charge in [-0.2, -0.15) is 0 Å². The highest BCUT2D eigenvalue weighted by molar-refractivity contribution is 6.32. The minimum absolute atomic E-state index is 0.230. The van der Waals surface area contributed by atoms with E-state index in [4.69, 9.17) is 26.8 Å². The van der Waals surface area contributed by atoms with Crippen molar-refractivity contribution in [3.63, 3.8) is 0 Å². The first-order valence-electron chi connectivity index (χ1n) is 7.81. The minimum atomic E-state index is 0.230. The predicted molar refractivity (Wildman–Crippen MR) is 82.1 cm³/mol. The molecule has 0 spiro atoms. The molecule has 114 valence electrons. The maximum atomic E-state index is 6.37. The molecule has 1 aromatic carbocycles. The molecule has 4 rings (SSSR count). The Hall–Kier alpha value is -0.970. The fraction of sp³-hybridized carbons (Fsp3) is 0.625. The summed E-state index contributed by atoms with van der Waals surface area (Å²) in [6.07, 6.45) is 4.01. The van der Waals surface area contributed by atoms with Crippen LogP contribution in [0.5, 0.6) is 11.5 Å². The van der Waals surface area contributed by atoms with Crippen molar-refractivity contribution < 1.29 is 9.47 Å². The molecule has 0 aromatic heterocycles. The van der Waals surface area contributed by atoms with Crippen LogP contribution in [0.3, 0.4) is 0 Å². The number of piperidine rings is 1. The van der Waals surface area contributed by atoms with Crippen LogP contribution in [0.4, 0.5) is 0 Å². The van der Waals surface area contributed by atoms with Gasteiger partial charge in [0.05, 0.1) is 5.02 Å². The molecule has 3 unspecified atom stereocenters. The van der Waals surface area contributed by atoms with Crippen molar-refractivity contribution in [2.75, 3.05) is 26.3 Å². The van der Waals surface area contributed by atoms with Crippen LogP contribution in [0.25, 0.3) is 0 Å². The van der Waals surface area contributed by atoms with E-state index < -0.39 is 0 Å². The second-order valence-corrected chi connectivity index (χ2v) is 6.72. The molecule has 1 saturated carbocycles. The van der Waals surface area contributed by atoms with E-state index >= 15 is 0 Å². The van der Waals surface area contributed by atoms with Gasteiger partial charge in [-0.1, -0.05) is 11.6 Å². The Kier molecular flexibility index (Phi) is 3.48. The van der Waals surface area contributed by atoms with Crippen LogP contribution in [0.1, 0.15) is 30.9 Å². The van der Waals surface area contributed by atoms with Gasteiger partial charge in [0.2, 0.25) is 0 Å². The third-order valence-electron chi connectivity index (χ3n) is 5.08.